The predicted octanol–water partition coefficient (Wildman–Crippen LogP) is 3.42. The Morgan fingerprint density at radius 3 is 1.80 bits per heavy atom. The fourth-order valence-electron chi connectivity index (χ4n) is 2.27. The molecule has 20 heavy (non-hydrogen) atoms. The van der Waals surface area contributed by atoms with Crippen LogP contribution >= 0.6 is 0 Å². The second-order valence-corrected chi connectivity index (χ2v) is 5.37. The number of carbonyl (C=O) groups excluding carboxylic acids is 1. The largest absolute Gasteiger partial charge is 0.480 e. The van der Waals surface area contributed by atoms with E-state index in [4.69, 9.17) is 10.8 Å². The molecule has 0 spiro atoms. The van der Waals surface area contributed by atoms with E-state index in [1.54, 1.807) is 0 Å². The van der Waals surface area contributed by atoms with Crippen LogP contribution in [-0.2, 0) is 4.79 Å². The fraction of sp³-hybridized carbons (Fsp3) is 0.867. The second-order valence-electron chi connectivity index (χ2n) is 5.37. The smallest absolute Gasteiger partial charge is 0.326 e. The van der Waals surface area contributed by atoms with E-state index in [0.717, 1.165) is 19.3 Å². The number of hydrogen-bond donors (Lipinski definition) is 3. The molecule has 0 aliphatic heterocycles. The number of rotatable bonds is 13. The maximum absolute atomic E-state index is 10.9. The molecule has 4 N–H and O–H groups in total. The van der Waals surface area contributed by atoms with Gasteiger partial charge in [0.1, 0.15) is 6.04 Å². The number of nitrogens with two attached hydrogens (primary N) is 1. The lowest BCUT2D eigenvalue weighted by Crippen LogP contribution is -2.43. The quantitative estimate of drug-likeness (QED) is 0.453. The van der Waals surface area contributed by atoms with Gasteiger partial charge in [-0.3, -0.25) is 0 Å². The lowest BCUT2D eigenvalue weighted by atomic mass is 10.0. The fourth-order valence-corrected chi connectivity index (χ4v) is 2.27. The number of primary amides is 1. The predicted molar refractivity (Wildman–Crippen MR) is 80.6 cm³/mol. The summed E-state index contributed by atoms with van der Waals surface area (Å²) in [5.41, 5.74) is 4.94. The molecule has 5 nitrogen and oxygen atoms in total. The Morgan fingerprint density at radius 1 is 0.950 bits per heavy atom. The summed E-state index contributed by atoms with van der Waals surface area (Å²) in [7, 11) is 0. The van der Waals surface area contributed by atoms with Crippen LogP contribution in [0.1, 0.15) is 77.6 Å². The minimum absolute atomic E-state index is 0.453. The van der Waals surface area contributed by atoms with Gasteiger partial charge in [-0.2, -0.15) is 0 Å². The summed E-state index contributed by atoms with van der Waals surface area (Å²) in [5.74, 6) is -1.01. The number of carboxylic acids is 1. The van der Waals surface area contributed by atoms with E-state index in [1.165, 1.54) is 44.9 Å². The first-order valence-corrected chi connectivity index (χ1v) is 7.86. The molecule has 0 radical (unpaired) electrons. The van der Waals surface area contributed by atoms with Gasteiger partial charge in [-0.05, 0) is 6.42 Å². The molecule has 0 aliphatic rings. The molecule has 5 heteroatoms. The Kier molecular flexibility index (Phi) is 12.0. The van der Waals surface area contributed by atoms with E-state index >= 15 is 0 Å². The third-order valence-electron chi connectivity index (χ3n) is 3.46. The summed E-state index contributed by atoms with van der Waals surface area (Å²) in [6.45, 7) is 2.22. The monoisotopic (exact) mass is 286 g/mol. The van der Waals surface area contributed by atoms with Gasteiger partial charge in [-0.1, -0.05) is 71.1 Å². The summed E-state index contributed by atoms with van der Waals surface area (Å²) in [6.07, 6.45) is 12.5. The van der Waals surface area contributed by atoms with Crippen LogP contribution in [0.15, 0.2) is 0 Å². The molecule has 0 fully saturated rings. The molecule has 2 amide bonds. The molecule has 0 aromatic carbocycles. The van der Waals surface area contributed by atoms with Crippen LogP contribution in [0, 0.1) is 0 Å². The zero-order chi connectivity index (χ0) is 15.2. The Morgan fingerprint density at radius 2 is 1.40 bits per heavy atom. The molecular formula is C15H30N2O3. The van der Waals surface area contributed by atoms with Gasteiger partial charge in [0.2, 0.25) is 0 Å². The molecule has 1 atom stereocenters. The van der Waals surface area contributed by atoms with Gasteiger partial charge >= 0.3 is 12.0 Å². The van der Waals surface area contributed by atoms with Crippen molar-refractivity contribution >= 4 is 12.0 Å². The van der Waals surface area contributed by atoms with Gasteiger partial charge in [0.05, 0.1) is 0 Å². The summed E-state index contributed by atoms with van der Waals surface area (Å²) in [5, 5.41) is 11.1. The molecule has 1 unspecified atom stereocenters. The minimum atomic E-state index is -1.01. The van der Waals surface area contributed by atoms with Crippen LogP contribution in [0.4, 0.5) is 4.79 Å². The third-order valence-corrected chi connectivity index (χ3v) is 3.46. The Balaban J connectivity index is 3.41. The van der Waals surface area contributed by atoms with Crippen LogP contribution in [0.5, 0.6) is 0 Å². The van der Waals surface area contributed by atoms with E-state index in [0.29, 0.717) is 6.42 Å². The number of carbonyl (C=O) groups is 2. The first-order valence-electron chi connectivity index (χ1n) is 7.86. The van der Waals surface area contributed by atoms with Crippen molar-refractivity contribution in [3.05, 3.63) is 0 Å². The third kappa shape index (κ3) is 11.8. The molecule has 0 aliphatic carbocycles. The van der Waals surface area contributed by atoms with Crippen molar-refractivity contribution in [3.63, 3.8) is 0 Å². The van der Waals surface area contributed by atoms with Crippen molar-refractivity contribution in [1.29, 1.82) is 0 Å². The average Bonchev–Trinajstić information content (AvgIpc) is 2.39. The first kappa shape index (κ1) is 18.7. The summed E-state index contributed by atoms with van der Waals surface area (Å²) < 4.78 is 0. The minimum Gasteiger partial charge on any atom is -0.480 e. The molecular weight excluding hydrogens is 256 g/mol. The molecule has 0 saturated heterocycles. The molecule has 118 valence electrons. The van der Waals surface area contributed by atoms with E-state index in [9.17, 15) is 9.59 Å². The highest BCUT2D eigenvalue weighted by atomic mass is 16.4. The standard InChI is InChI=1S/C15H30N2O3/c1-2-3-4-5-6-7-8-9-10-11-12-13(14(18)19)17-15(16)20/h13H,2-12H2,1H3,(H,18,19)(H3,16,17,20). The van der Waals surface area contributed by atoms with E-state index < -0.39 is 18.0 Å². The topological polar surface area (TPSA) is 92.4 Å². The maximum Gasteiger partial charge on any atom is 0.326 e. The van der Waals surface area contributed by atoms with Gasteiger partial charge in [0.25, 0.3) is 0 Å². The summed E-state index contributed by atoms with van der Waals surface area (Å²) >= 11 is 0. The van der Waals surface area contributed by atoms with E-state index in [1.807, 2.05) is 0 Å². The molecule has 0 rings (SSSR count). The average molecular weight is 286 g/mol. The molecule has 0 saturated carbocycles. The lowest BCUT2D eigenvalue weighted by molar-refractivity contribution is -0.139. The second kappa shape index (κ2) is 12.8. The van der Waals surface area contributed by atoms with Crippen molar-refractivity contribution < 1.29 is 14.7 Å². The van der Waals surface area contributed by atoms with Crippen molar-refractivity contribution in [1.82, 2.24) is 5.32 Å². The van der Waals surface area contributed by atoms with Gasteiger partial charge in [-0.25, -0.2) is 9.59 Å². The maximum atomic E-state index is 10.9. The number of aliphatic carboxylic acids is 1. The van der Waals surface area contributed by atoms with Crippen LogP contribution in [-0.4, -0.2) is 23.1 Å². The van der Waals surface area contributed by atoms with Crippen molar-refractivity contribution in [2.24, 2.45) is 5.73 Å². The van der Waals surface area contributed by atoms with Crippen LogP contribution in [0.25, 0.3) is 0 Å². The Labute approximate surface area is 122 Å². The summed E-state index contributed by atoms with van der Waals surface area (Å²) in [6, 6.07) is -1.62. The van der Waals surface area contributed by atoms with Gasteiger partial charge in [0, 0.05) is 0 Å². The zero-order valence-corrected chi connectivity index (χ0v) is 12.7. The Bertz CT molecular complexity index is 270. The number of hydrogen-bond acceptors (Lipinski definition) is 2. The highest BCUT2D eigenvalue weighted by Crippen LogP contribution is 2.12. The van der Waals surface area contributed by atoms with Gasteiger partial charge in [-0.15, -0.1) is 0 Å². The number of urea groups is 1. The normalized spacial score (nSPS) is 12.1. The zero-order valence-electron chi connectivity index (χ0n) is 12.7. The first-order chi connectivity index (χ1) is 9.57. The van der Waals surface area contributed by atoms with Crippen molar-refractivity contribution in [3.8, 4) is 0 Å². The van der Waals surface area contributed by atoms with Gasteiger partial charge in [0.15, 0.2) is 0 Å². The van der Waals surface area contributed by atoms with Crippen molar-refractivity contribution in [2.75, 3.05) is 0 Å². The number of unbranched alkanes of at least 4 members (excludes halogenated alkanes) is 9. The molecule has 0 heterocycles. The van der Waals surface area contributed by atoms with Crippen LogP contribution < -0.4 is 11.1 Å². The van der Waals surface area contributed by atoms with Crippen LogP contribution in [0.3, 0.4) is 0 Å². The number of nitrogens with one attached hydrogen (secondary N) is 1. The Hall–Kier alpha value is -1.26. The molecule has 0 aromatic rings. The molecule has 0 aromatic heterocycles. The summed E-state index contributed by atoms with van der Waals surface area (Å²) in [4.78, 5) is 21.5. The van der Waals surface area contributed by atoms with Crippen molar-refractivity contribution in [2.45, 2.75) is 83.6 Å². The number of carboxylic acid groups (broad SMARTS) is 1. The molecule has 0 bridgehead atoms. The van der Waals surface area contributed by atoms with Gasteiger partial charge < -0.3 is 16.2 Å². The van der Waals surface area contributed by atoms with Crippen LogP contribution in [0.2, 0.25) is 0 Å². The lowest BCUT2D eigenvalue weighted by Gasteiger charge is -2.12. The number of amides is 2. The SMILES string of the molecule is CCCCCCCCCCCCC(NC(N)=O)C(=O)O. The van der Waals surface area contributed by atoms with E-state index in [-0.39, 0.29) is 0 Å². The van der Waals surface area contributed by atoms with E-state index in [2.05, 4.69) is 12.2 Å². The highest BCUT2D eigenvalue weighted by molar-refractivity contribution is 5.81. The highest BCUT2D eigenvalue weighted by Gasteiger charge is 2.17.